The second-order valence-electron chi connectivity index (χ2n) is 5.86. The fourth-order valence-electron chi connectivity index (χ4n) is 3.01. The summed E-state index contributed by atoms with van der Waals surface area (Å²) in [4.78, 5) is 16.8. The van der Waals surface area contributed by atoms with E-state index in [0.29, 0.717) is 12.5 Å². The number of amides is 1. The maximum atomic E-state index is 11.9. The predicted octanol–water partition coefficient (Wildman–Crippen LogP) is 0.605. The van der Waals surface area contributed by atoms with Crippen molar-refractivity contribution in [1.29, 1.82) is 0 Å². The van der Waals surface area contributed by atoms with Gasteiger partial charge in [0.05, 0.1) is 0 Å². The van der Waals surface area contributed by atoms with Gasteiger partial charge in [0, 0.05) is 64.0 Å². The third-order valence-electron chi connectivity index (χ3n) is 4.32. The van der Waals surface area contributed by atoms with E-state index >= 15 is 0 Å². The van der Waals surface area contributed by atoms with Crippen LogP contribution in [0.15, 0.2) is 30.3 Å². The molecule has 5 heteroatoms. The maximum Gasteiger partial charge on any atom is 0.225 e. The monoisotopic (exact) mass is 288 g/mol. The Morgan fingerprint density at radius 3 is 2.62 bits per heavy atom. The van der Waals surface area contributed by atoms with Crippen molar-refractivity contribution in [3.63, 3.8) is 0 Å². The number of para-hydroxylation sites is 1. The Labute approximate surface area is 126 Å². The zero-order valence-corrected chi connectivity index (χ0v) is 12.4. The zero-order chi connectivity index (χ0) is 14.5. The van der Waals surface area contributed by atoms with E-state index in [9.17, 15) is 4.79 Å². The lowest BCUT2D eigenvalue weighted by molar-refractivity contribution is -0.117. The van der Waals surface area contributed by atoms with E-state index in [1.807, 2.05) is 30.3 Å². The van der Waals surface area contributed by atoms with Crippen LogP contribution in [-0.4, -0.2) is 67.6 Å². The van der Waals surface area contributed by atoms with Gasteiger partial charge in [-0.05, 0) is 12.1 Å². The quantitative estimate of drug-likeness (QED) is 0.833. The standard InChI is InChI=1S/C16H24N4O/c21-16(18-14-4-2-1-3-5-14)6-9-19-12-15(13-19)20-10-7-17-8-11-20/h1-5,15,17H,6-13H2,(H,18,21). The molecule has 1 amide bonds. The molecule has 0 aromatic heterocycles. The van der Waals surface area contributed by atoms with Gasteiger partial charge < -0.3 is 10.6 Å². The van der Waals surface area contributed by atoms with E-state index in [2.05, 4.69) is 20.4 Å². The minimum absolute atomic E-state index is 0.104. The van der Waals surface area contributed by atoms with Gasteiger partial charge in [-0.2, -0.15) is 0 Å². The molecule has 0 aliphatic carbocycles. The maximum absolute atomic E-state index is 11.9. The summed E-state index contributed by atoms with van der Waals surface area (Å²) in [7, 11) is 0. The molecule has 1 aromatic rings. The van der Waals surface area contributed by atoms with Gasteiger partial charge in [-0.25, -0.2) is 0 Å². The number of hydrogen-bond acceptors (Lipinski definition) is 4. The van der Waals surface area contributed by atoms with Crippen molar-refractivity contribution in [2.24, 2.45) is 0 Å². The Morgan fingerprint density at radius 1 is 1.19 bits per heavy atom. The average molecular weight is 288 g/mol. The Kier molecular flexibility index (Phi) is 4.85. The molecule has 0 atom stereocenters. The summed E-state index contributed by atoms with van der Waals surface area (Å²) in [6.45, 7) is 7.62. The largest absolute Gasteiger partial charge is 0.326 e. The van der Waals surface area contributed by atoms with Crippen LogP contribution in [0.5, 0.6) is 0 Å². The molecule has 2 fully saturated rings. The van der Waals surface area contributed by atoms with Gasteiger partial charge in [0.2, 0.25) is 5.91 Å². The number of carbonyl (C=O) groups is 1. The van der Waals surface area contributed by atoms with E-state index in [4.69, 9.17) is 0 Å². The number of piperazine rings is 1. The van der Waals surface area contributed by atoms with Crippen LogP contribution in [0.4, 0.5) is 5.69 Å². The molecule has 0 saturated carbocycles. The molecule has 0 radical (unpaired) electrons. The van der Waals surface area contributed by atoms with Crippen molar-refractivity contribution >= 4 is 11.6 Å². The summed E-state index contributed by atoms with van der Waals surface area (Å²) in [5.41, 5.74) is 0.879. The van der Waals surface area contributed by atoms with Crippen LogP contribution in [0, 0.1) is 0 Å². The molecule has 0 spiro atoms. The summed E-state index contributed by atoms with van der Waals surface area (Å²) < 4.78 is 0. The molecule has 2 saturated heterocycles. The fraction of sp³-hybridized carbons (Fsp3) is 0.562. The second kappa shape index (κ2) is 7.02. The Bertz CT molecular complexity index is 453. The highest BCUT2D eigenvalue weighted by Gasteiger charge is 2.31. The van der Waals surface area contributed by atoms with Gasteiger partial charge in [-0.1, -0.05) is 18.2 Å². The molecule has 2 heterocycles. The van der Waals surface area contributed by atoms with Crippen LogP contribution < -0.4 is 10.6 Å². The van der Waals surface area contributed by atoms with Crippen molar-refractivity contribution in [3.8, 4) is 0 Å². The van der Waals surface area contributed by atoms with Gasteiger partial charge in [0.1, 0.15) is 0 Å². The first-order valence-electron chi connectivity index (χ1n) is 7.83. The van der Waals surface area contributed by atoms with Crippen molar-refractivity contribution in [3.05, 3.63) is 30.3 Å². The molecular formula is C16H24N4O. The third kappa shape index (κ3) is 4.03. The SMILES string of the molecule is O=C(CCN1CC(N2CCNCC2)C1)Nc1ccccc1. The van der Waals surface area contributed by atoms with Gasteiger partial charge in [0.15, 0.2) is 0 Å². The first-order chi connectivity index (χ1) is 10.3. The normalized spacial score (nSPS) is 21.0. The van der Waals surface area contributed by atoms with E-state index in [1.54, 1.807) is 0 Å². The highest BCUT2D eigenvalue weighted by molar-refractivity contribution is 5.90. The summed E-state index contributed by atoms with van der Waals surface area (Å²) in [5.74, 6) is 0.104. The Balaban J connectivity index is 1.33. The highest BCUT2D eigenvalue weighted by atomic mass is 16.1. The number of benzene rings is 1. The van der Waals surface area contributed by atoms with Gasteiger partial charge in [-0.3, -0.25) is 14.6 Å². The van der Waals surface area contributed by atoms with Crippen molar-refractivity contribution in [1.82, 2.24) is 15.1 Å². The predicted molar refractivity (Wildman–Crippen MR) is 84.4 cm³/mol. The van der Waals surface area contributed by atoms with E-state index < -0.39 is 0 Å². The molecule has 2 N–H and O–H groups in total. The van der Waals surface area contributed by atoms with Crippen molar-refractivity contribution in [2.75, 3.05) is 51.1 Å². The van der Waals surface area contributed by atoms with Gasteiger partial charge >= 0.3 is 0 Å². The lowest BCUT2D eigenvalue weighted by Crippen LogP contribution is -2.62. The molecule has 2 aliphatic heterocycles. The van der Waals surface area contributed by atoms with Gasteiger partial charge in [-0.15, -0.1) is 0 Å². The first-order valence-corrected chi connectivity index (χ1v) is 7.83. The fourth-order valence-corrected chi connectivity index (χ4v) is 3.01. The zero-order valence-electron chi connectivity index (χ0n) is 12.4. The minimum Gasteiger partial charge on any atom is -0.326 e. The van der Waals surface area contributed by atoms with Crippen molar-refractivity contribution < 1.29 is 4.79 Å². The number of nitrogens with zero attached hydrogens (tertiary/aromatic N) is 2. The van der Waals surface area contributed by atoms with Crippen molar-refractivity contribution in [2.45, 2.75) is 12.5 Å². The third-order valence-corrected chi connectivity index (χ3v) is 4.32. The average Bonchev–Trinajstić information content (AvgIpc) is 2.48. The number of anilines is 1. The van der Waals surface area contributed by atoms with Crippen LogP contribution in [-0.2, 0) is 4.79 Å². The number of nitrogens with one attached hydrogen (secondary N) is 2. The second-order valence-corrected chi connectivity index (χ2v) is 5.86. The molecule has 0 unspecified atom stereocenters. The van der Waals surface area contributed by atoms with Crippen LogP contribution in [0.1, 0.15) is 6.42 Å². The van der Waals surface area contributed by atoms with Gasteiger partial charge in [0.25, 0.3) is 0 Å². The number of likely N-dealkylation sites (tertiary alicyclic amines) is 1. The highest BCUT2D eigenvalue weighted by Crippen LogP contribution is 2.16. The molecule has 114 valence electrons. The summed E-state index contributed by atoms with van der Waals surface area (Å²) in [6.07, 6.45) is 0.573. The molecule has 21 heavy (non-hydrogen) atoms. The molecule has 0 bridgehead atoms. The number of carbonyl (C=O) groups excluding carboxylic acids is 1. The van der Waals surface area contributed by atoms with E-state index in [1.165, 1.54) is 0 Å². The van der Waals surface area contributed by atoms with E-state index in [-0.39, 0.29) is 5.91 Å². The molecule has 3 rings (SSSR count). The van der Waals surface area contributed by atoms with Crippen LogP contribution >= 0.6 is 0 Å². The summed E-state index contributed by atoms with van der Waals surface area (Å²) in [5, 5.41) is 6.32. The molecule has 5 nitrogen and oxygen atoms in total. The lowest BCUT2D eigenvalue weighted by atomic mass is 10.1. The smallest absolute Gasteiger partial charge is 0.225 e. The molecule has 1 aromatic carbocycles. The van der Waals surface area contributed by atoms with Crippen LogP contribution in [0.2, 0.25) is 0 Å². The Hall–Kier alpha value is -1.43. The number of hydrogen-bond donors (Lipinski definition) is 2. The van der Waals surface area contributed by atoms with Crippen LogP contribution in [0.25, 0.3) is 0 Å². The topological polar surface area (TPSA) is 47.6 Å². The molecule has 2 aliphatic rings. The summed E-state index contributed by atoms with van der Waals surface area (Å²) >= 11 is 0. The Morgan fingerprint density at radius 2 is 1.90 bits per heavy atom. The van der Waals surface area contributed by atoms with E-state index in [0.717, 1.165) is 51.5 Å². The van der Waals surface area contributed by atoms with Crippen LogP contribution in [0.3, 0.4) is 0 Å². The minimum atomic E-state index is 0.104. The number of rotatable bonds is 5. The molecular weight excluding hydrogens is 264 g/mol. The lowest BCUT2D eigenvalue weighted by Gasteiger charge is -2.46. The first kappa shape index (κ1) is 14.5. The summed E-state index contributed by atoms with van der Waals surface area (Å²) in [6, 6.07) is 10.4.